The molecule has 146 valence electrons. The summed E-state index contributed by atoms with van der Waals surface area (Å²) in [5.74, 6) is -0.224. The Morgan fingerprint density at radius 2 is 1.08 bits per heavy atom. The van der Waals surface area contributed by atoms with Crippen LogP contribution in [-0.4, -0.2) is 29.9 Å². The zero-order valence-corrected chi connectivity index (χ0v) is 19.5. The van der Waals surface area contributed by atoms with Crippen molar-refractivity contribution in [1.82, 2.24) is 0 Å². The molecule has 0 aromatic carbocycles. The van der Waals surface area contributed by atoms with Crippen molar-refractivity contribution in [2.75, 3.05) is 5.75 Å². The molecule has 0 amide bonds. The Morgan fingerprint density at radius 3 is 1.48 bits per heavy atom. The summed E-state index contributed by atoms with van der Waals surface area (Å²) < 4.78 is 31.3. The summed E-state index contributed by atoms with van der Waals surface area (Å²) in [7, 11) is -4.03. The van der Waals surface area contributed by atoms with Crippen LogP contribution in [0.15, 0.2) is 0 Å². The molecule has 0 saturated heterocycles. The SMILES string of the molecule is CCCCCCCCCC(O)CCCCCCCCCS(=O)(=O)[O-].[Na+]. The topological polar surface area (TPSA) is 77.4 Å². The largest absolute Gasteiger partial charge is 1.00 e. The molecule has 0 aromatic rings. The Hall–Kier alpha value is 0.870. The monoisotopic (exact) mass is 386 g/mol. The van der Waals surface area contributed by atoms with Gasteiger partial charge in [-0.1, -0.05) is 90.4 Å². The fourth-order valence-corrected chi connectivity index (χ4v) is 3.58. The molecule has 0 aliphatic carbocycles. The van der Waals surface area contributed by atoms with E-state index in [-0.39, 0.29) is 41.4 Å². The molecule has 0 heterocycles. The molecule has 0 aliphatic rings. The molecule has 0 aliphatic heterocycles. The van der Waals surface area contributed by atoms with Crippen molar-refractivity contribution in [2.24, 2.45) is 0 Å². The van der Waals surface area contributed by atoms with Crippen LogP contribution in [0.5, 0.6) is 0 Å². The van der Waals surface area contributed by atoms with E-state index in [0.29, 0.717) is 6.42 Å². The average Bonchev–Trinajstić information content (AvgIpc) is 2.51. The Kier molecular flexibility index (Phi) is 22.0. The van der Waals surface area contributed by atoms with Crippen LogP contribution >= 0.6 is 0 Å². The molecule has 0 rings (SSSR count). The van der Waals surface area contributed by atoms with Gasteiger partial charge in [0, 0.05) is 5.75 Å². The molecule has 0 aromatic heterocycles. The van der Waals surface area contributed by atoms with Crippen LogP contribution in [-0.2, 0) is 10.1 Å². The number of unbranched alkanes of at least 4 members (excludes halogenated alkanes) is 12. The minimum atomic E-state index is -4.03. The molecule has 1 unspecified atom stereocenters. The van der Waals surface area contributed by atoms with Gasteiger partial charge in [-0.25, -0.2) is 8.42 Å². The second-order valence-electron chi connectivity index (χ2n) is 7.09. The zero-order chi connectivity index (χ0) is 18.1. The van der Waals surface area contributed by atoms with Crippen molar-refractivity contribution >= 4 is 10.1 Å². The van der Waals surface area contributed by atoms with Crippen LogP contribution in [0.2, 0.25) is 0 Å². The van der Waals surface area contributed by atoms with E-state index >= 15 is 0 Å². The number of hydrogen-bond acceptors (Lipinski definition) is 4. The van der Waals surface area contributed by atoms with E-state index in [0.717, 1.165) is 57.8 Å². The first-order valence-corrected chi connectivity index (χ1v) is 11.6. The number of rotatable bonds is 18. The van der Waals surface area contributed by atoms with Gasteiger partial charge in [0.2, 0.25) is 0 Å². The predicted octanol–water partition coefficient (Wildman–Crippen LogP) is 2.16. The van der Waals surface area contributed by atoms with Crippen LogP contribution in [0.3, 0.4) is 0 Å². The summed E-state index contributed by atoms with van der Waals surface area (Å²) in [5.41, 5.74) is 0. The molecule has 0 fully saturated rings. The van der Waals surface area contributed by atoms with E-state index in [4.69, 9.17) is 0 Å². The van der Waals surface area contributed by atoms with Gasteiger partial charge in [0.25, 0.3) is 0 Å². The zero-order valence-electron chi connectivity index (χ0n) is 16.7. The second kappa shape index (κ2) is 19.6. The van der Waals surface area contributed by atoms with Crippen LogP contribution < -0.4 is 29.6 Å². The minimum Gasteiger partial charge on any atom is -0.748 e. The summed E-state index contributed by atoms with van der Waals surface area (Å²) >= 11 is 0. The number of aliphatic hydroxyl groups excluding tert-OH is 1. The van der Waals surface area contributed by atoms with Gasteiger partial charge in [-0.3, -0.25) is 0 Å². The fourth-order valence-electron chi connectivity index (χ4n) is 3.02. The van der Waals surface area contributed by atoms with E-state index in [1.54, 1.807) is 0 Å². The summed E-state index contributed by atoms with van der Waals surface area (Å²) in [6, 6.07) is 0. The van der Waals surface area contributed by atoms with Crippen molar-refractivity contribution in [2.45, 2.75) is 116 Å². The van der Waals surface area contributed by atoms with Crippen LogP contribution in [0.1, 0.15) is 110 Å². The standard InChI is InChI=1S/C19H40O4S.Na/c1-2-3-4-5-7-10-13-16-19(20)17-14-11-8-6-9-12-15-18-24(21,22)23;/h19-20H,2-18H2,1H3,(H,21,22,23);/q;+1/p-1. The van der Waals surface area contributed by atoms with Gasteiger partial charge in [-0.2, -0.15) is 0 Å². The maximum Gasteiger partial charge on any atom is 1.00 e. The maximum absolute atomic E-state index is 10.4. The maximum atomic E-state index is 10.4. The summed E-state index contributed by atoms with van der Waals surface area (Å²) in [6.07, 6.45) is 17.5. The van der Waals surface area contributed by atoms with Crippen molar-refractivity contribution < 1.29 is 47.6 Å². The number of aliphatic hydroxyl groups is 1. The molecule has 1 N–H and O–H groups in total. The van der Waals surface area contributed by atoms with Crippen LogP contribution in [0, 0.1) is 0 Å². The van der Waals surface area contributed by atoms with Gasteiger partial charge in [0.15, 0.2) is 0 Å². The summed E-state index contributed by atoms with van der Waals surface area (Å²) in [6.45, 7) is 2.23. The van der Waals surface area contributed by atoms with Gasteiger partial charge in [-0.05, 0) is 19.3 Å². The van der Waals surface area contributed by atoms with E-state index < -0.39 is 10.1 Å². The molecular formula is C19H39NaO4S. The summed E-state index contributed by atoms with van der Waals surface area (Å²) in [4.78, 5) is 0. The second-order valence-corrected chi connectivity index (χ2v) is 8.61. The van der Waals surface area contributed by atoms with Gasteiger partial charge >= 0.3 is 29.6 Å². The average molecular weight is 387 g/mol. The van der Waals surface area contributed by atoms with Crippen LogP contribution in [0.25, 0.3) is 0 Å². The van der Waals surface area contributed by atoms with E-state index in [9.17, 15) is 18.1 Å². The van der Waals surface area contributed by atoms with E-state index in [2.05, 4.69) is 6.92 Å². The molecule has 6 heteroatoms. The first-order chi connectivity index (χ1) is 11.5. The van der Waals surface area contributed by atoms with Crippen molar-refractivity contribution in [3.63, 3.8) is 0 Å². The minimum absolute atomic E-state index is 0. The van der Waals surface area contributed by atoms with Gasteiger partial charge in [-0.15, -0.1) is 0 Å². The molecule has 25 heavy (non-hydrogen) atoms. The van der Waals surface area contributed by atoms with E-state index in [1.807, 2.05) is 0 Å². The third-order valence-corrected chi connectivity index (χ3v) is 5.36. The Balaban J connectivity index is 0. The molecule has 0 radical (unpaired) electrons. The third-order valence-electron chi connectivity index (χ3n) is 4.57. The molecular weight excluding hydrogens is 347 g/mol. The number of hydrogen-bond donors (Lipinski definition) is 1. The third kappa shape index (κ3) is 24.9. The van der Waals surface area contributed by atoms with E-state index in [1.165, 1.54) is 38.5 Å². The molecule has 1 atom stereocenters. The fraction of sp³-hybridized carbons (Fsp3) is 1.00. The van der Waals surface area contributed by atoms with Gasteiger partial charge < -0.3 is 9.66 Å². The molecule has 0 spiro atoms. The van der Waals surface area contributed by atoms with Crippen LogP contribution in [0.4, 0.5) is 0 Å². The van der Waals surface area contributed by atoms with Crippen molar-refractivity contribution in [3.8, 4) is 0 Å². The van der Waals surface area contributed by atoms with Crippen molar-refractivity contribution in [3.05, 3.63) is 0 Å². The molecule has 0 bridgehead atoms. The molecule has 0 saturated carbocycles. The Bertz CT molecular complexity index is 360. The Morgan fingerprint density at radius 1 is 0.720 bits per heavy atom. The quantitative estimate of drug-likeness (QED) is 0.222. The van der Waals surface area contributed by atoms with Gasteiger partial charge in [0.1, 0.15) is 0 Å². The summed E-state index contributed by atoms with van der Waals surface area (Å²) in [5, 5.41) is 9.95. The normalized spacial score (nSPS) is 12.8. The van der Waals surface area contributed by atoms with Crippen molar-refractivity contribution in [1.29, 1.82) is 0 Å². The predicted molar refractivity (Wildman–Crippen MR) is 100 cm³/mol. The Labute approximate surface area is 178 Å². The first-order valence-electron chi connectivity index (χ1n) is 10.1. The first kappa shape index (κ1) is 28.1. The smallest absolute Gasteiger partial charge is 0.748 e. The molecule has 4 nitrogen and oxygen atoms in total. The van der Waals surface area contributed by atoms with Gasteiger partial charge in [0.05, 0.1) is 16.2 Å².